The number of aryl methyl sites for hydroxylation is 1. The highest BCUT2D eigenvalue weighted by Crippen LogP contribution is 2.31. The van der Waals surface area contributed by atoms with Gasteiger partial charge in [0.05, 0.1) is 18.6 Å². The number of amides is 2. The van der Waals surface area contributed by atoms with Gasteiger partial charge in [-0.2, -0.15) is 0 Å². The molecular weight excluding hydrogens is 559 g/mol. The van der Waals surface area contributed by atoms with E-state index in [-0.39, 0.29) is 29.6 Å². The summed E-state index contributed by atoms with van der Waals surface area (Å²) in [6, 6.07) is 9.47. The average Bonchev–Trinajstić information content (AvgIpc) is 2.90. The zero-order valence-electron chi connectivity index (χ0n) is 20.1. The van der Waals surface area contributed by atoms with Gasteiger partial charge in [0.15, 0.2) is 0 Å². The van der Waals surface area contributed by atoms with Crippen molar-refractivity contribution in [3.8, 4) is 0 Å². The van der Waals surface area contributed by atoms with Crippen LogP contribution in [0.25, 0.3) is 0 Å². The van der Waals surface area contributed by atoms with Gasteiger partial charge >= 0.3 is 5.97 Å². The van der Waals surface area contributed by atoms with Crippen LogP contribution in [-0.2, 0) is 14.3 Å². The molecule has 1 aliphatic heterocycles. The molecular formula is C26H31IN4O4. The van der Waals surface area contributed by atoms with Gasteiger partial charge in [0.25, 0.3) is 5.91 Å². The van der Waals surface area contributed by atoms with E-state index in [9.17, 15) is 14.4 Å². The molecule has 2 fully saturated rings. The molecule has 35 heavy (non-hydrogen) atoms. The van der Waals surface area contributed by atoms with E-state index < -0.39 is 0 Å². The number of hydrogen-bond donors (Lipinski definition) is 1. The van der Waals surface area contributed by atoms with Crippen LogP contribution in [0.3, 0.4) is 0 Å². The number of esters is 1. The molecule has 4 rings (SSSR count). The van der Waals surface area contributed by atoms with E-state index >= 15 is 0 Å². The summed E-state index contributed by atoms with van der Waals surface area (Å²) in [5, 5.41) is 2.92. The smallest absolute Gasteiger partial charge is 0.308 e. The second kappa shape index (κ2) is 11.4. The van der Waals surface area contributed by atoms with Crippen molar-refractivity contribution in [1.29, 1.82) is 0 Å². The number of nitrogens with one attached hydrogen (secondary N) is 1. The number of carbonyl (C=O) groups is 3. The number of nitrogens with zero attached hydrogens (tertiary/aromatic N) is 3. The lowest BCUT2D eigenvalue weighted by molar-refractivity contribution is -0.148. The fraction of sp³-hybridized carbons (Fsp3) is 0.462. The molecule has 0 bridgehead atoms. The Kier molecular flexibility index (Phi) is 8.25. The minimum atomic E-state index is -0.193. The summed E-state index contributed by atoms with van der Waals surface area (Å²) in [6.07, 6.45) is 4.52. The van der Waals surface area contributed by atoms with Crippen molar-refractivity contribution in [2.75, 3.05) is 43.5 Å². The van der Waals surface area contributed by atoms with Crippen LogP contribution in [0.2, 0.25) is 0 Å². The lowest BCUT2D eigenvalue weighted by Gasteiger charge is -2.38. The van der Waals surface area contributed by atoms with Gasteiger partial charge in [-0.3, -0.25) is 14.4 Å². The van der Waals surface area contributed by atoms with Crippen molar-refractivity contribution in [3.05, 3.63) is 51.2 Å². The van der Waals surface area contributed by atoms with Crippen LogP contribution >= 0.6 is 22.6 Å². The molecule has 1 saturated carbocycles. The zero-order valence-corrected chi connectivity index (χ0v) is 22.3. The Morgan fingerprint density at radius 3 is 2.29 bits per heavy atom. The van der Waals surface area contributed by atoms with Gasteiger partial charge < -0.3 is 19.9 Å². The molecule has 0 atom stereocenters. The maximum Gasteiger partial charge on any atom is 0.308 e. The van der Waals surface area contributed by atoms with Gasteiger partial charge in [-0.25, -0.2) is 4.98 Å². The van der Waals surface area contributed by atoms with Crippen LogP contribution in [0.15, 0.2) is 36.5 Å². The Labute approximate surface area is 219 Å². The summed E-state index contributed by atoms with van der Waals surface area (Å²) in [5.41, 5.74) is 2.43. The standard InChI is InChI=1S/C26H31IN4O4/c1-17-3-9-21(15-22(17)27)29-24(32)20-8-10-23(28-16-20)30-11-13-31(14-12-30)25(33)18-4-6-19(7-5-18)26(34)35-2/h3,8-10,15-16,18-19H,4-7,11-14H2,1-2H3,(H,29,32). The van der Waals surface area contributed by atoms with Crippen LogP contribution < -0.4 is 10.2 Å². The lowest BCUT2D eigenvalue weighted by Crippen LogP contribution is -2.51. The number of methoxy groups -OCH3 is 1. The first-order chi connectivity index (χ1) is 16.9. The van der Waals surface area contributed by atoms with Crippen LogP contribution in [0.1, 0.15) is 41.6 Å². The highest BCUT2D eigenvalue weighted by Gasteiger charge is 2.33. The highest BCUT2D eigenvalue weighted by molar-refractivity contribution is 14.1. The molecule has 0 radical (unpaired) electrons. The van der Waals surface area contributed by atoms with E-state index in [4.69, 9.17) is 4.74 Å². The molecule has 8 nitrogen and oxygen atoms in total. The van der Waals surface area contributed by atoms with Crippen molar-refractivity contribution in [3.63, 3.8) is 0 Å². The molecule has 0 spiro atoms. The maximum absolute atomic E-state index is 13.0. The zero-order chi connectivity index (χ0) is 24.9. The molecule has 2 heterocycles. The Hall–Kier alpha value is -2.69. The summed E-state index contributed by atoms with van der Waals surface area (Å²) in [6.45, 7) is 4.72. The number of carbonyl (C=O) groups excluding carboxylic acids is 3. The van der Waals surface area contributed by atoms with Crippen molar-refractivity contribution in [2.45, 2.75) is 32.6 Å². The minimum absolute atomic E-state index is 0.00446. The van der Waals surface area contributed by atoms with E-state index in [1.165, 1.54) is 12.7 Å². The molecule has 2 aromatic rings. The highest BCUT2D eigenvalue weighted by atomic mass is 127. The maximum atomic E-state index is 13.0. The van der Waals surface area contributed by atoms with Crippen molar-refractivity contribution < 1.29 is 19.1 Å². The third-order valence-corrected chi connectivity index (χ3v) is 8.13. The summed E-state index contributed by atoms with van der Waals surface area (Å²) >= 11 is 2.25. The molecule has 186 valence electrons. The van der Waals surface area contributed by atoms with Crippen LogP contribution in [0.5, 0.6) is 0 Å². The number of anilines is 2. The molecule has 2 amide bonds. The van der Waals surface area contributed by atoms with Crippen molar-refractivity contribution >= 4 is 51.9 Å². The summed E-state index contributed by atoms with van der Waals surface area (Å²) in [5.74, 6) is 0.565. The van der Waals surface area contributed by atoms with Gasteiger partial charge in [0.2, 0.25) is 5.91 Å². The van der Waals surface area contributed by atoms with Gasteiger partial charge in [-0.1, -0.05) is 6.07 Å². The van der Waals surface area contributed by atoms with Gasteiger partial charge in [-0.15, -0.1) is 0 Å². The van der Waals surface area contributed by atoms with Gasteiger partial charge in [0.1, 0.15) is 5.82 Å². The van der Waals surface area contributed by atoms with E-state index in [1.54, 1.807) is 12.3 Å². The Morgan fingerprint density at radius 2 is 1.69 bits per heavy atom. The number of ether oxygens (including phenoxy) is 1. The number of pyridine rings is 1. The fourth-order valence-electron chi connectivity index (χ4n) is 4.74. The summed E-state index contributed by atoms with van der Waals surface area (Å²) < 4.78 is 5.94. The Bertz CT molecular complexity index is 1080. The van der Waals surface area contributed by atoms with E-state index in [2.05, 4.69) is 37.8 Å². The molecule has 1 aromatic heterocycles. The van der Waals surface area contributed by atoms with Gasteiger partial charge in [0, 0.05) is 47.6 Å². The van der Waals surface area contributed by atoms with Crippen molar-refractivity contribution in [2.24, 2.45) is 11.8 Å². The van der Waals surface area contributed by atoms with E-state index in [1.807, 2.05) is 36.1 Å². The first-order valence-corrected chi connectivity index (χ1v) is 13.1. The molecule has 1 aliphatic carbocycles. The van der Waals surface area contributed by atoms with Crippen molar-refractivity contribution in [1.82, 2.24) is 9.88 Å². The van der Waals surface area contributed by atoms with Crippen LogP contribution in [0, 0.1) is 22.3 Å². The van der Waals surface area contributed by atoms with E-state index in [0.717, 1.165) is 40.8 Å². The molecule has 9 heteroatoms. The number of halogens is 1. The van der Waals surface area contributed by atoms with E-state index in [0.29, 0.717) is 31.7 Å². The monoisotopic (exact) mass is 590 g/mol. The fourth-order valence-corrected chi connectivity index (χ4v) is 5.25. The average molecular weight is 590 g/mol. The second-order valence-corrected chi connectivity index (χ2v) is 10.4. The number of benzene rings is 1. The predicted octanol–water partition coefficient (Wildman–Crippen LogP) is 3.87. The molecule has 2 aliphatic rings. The summed E-state index contributed by atoms with van der Waals surface area (Å²) in [4.78, 5) is 45.9. The third-order valence-electron chi connectivity index (χ3n) is 6.97. The minimum Gasteiger partial charge on any atom is -0.469 e. The quantitative estimate of drug-likeness (QED) is 0.420. The first kappa shape index (κ1) is 25.4. The Morgan fingerprint density at radius 1 is 1.00 bits per heavy atom. The number of aromatic nitrogens is 1. The molecule has 1 N–H and O–H groups in total. The molecule has 0 unspecified atom stereocenters. The van der Waals surface area contributed by atoms with Crippen LogP contribution in [-0.4, -0.2) is 61.0 Å². The second-order valence-electron chi connectivity index (χ2n) is 9.21. The largest absolute Gasteiger partial charge is 0.469 e. The number of rotatable bonds is 5. The molecule has 1 aromatic carbocycles. The topological polar surface area (TPSA) is 91.8 Å². The Balaban J connectivity index is 1.27. The SMILES string of the molecule is COC(=O)C1CCC(C(=O)N2CCN(c3ccc(C(=O)Nc4ccc(C)c(I)c4)cn3)CC2)CC1. The first-order valence-electron chi connectivity index (χ1n) is 12.0. The third kappa shape index (κ3) is 6.12. The normalized spacial score (nSPS) is 20.3. The van der Waals surface area contributed by atoms with Gasteiger partial charge in [-0.05, 0) is 85.0 Å². The van der Waals surface area contributed by atoms with Crippen LogP contribution in [0.4, 0.5) is 11.5 Å². The lowest BCUT2D eigenvalue weighted by atomic mass is 9.81. The summed E-state index contributed by atoms with van der Waals surface area (Å²) in [7, 11) is 1.42. The number of hydrogen-bond acceptors (Lipinski definition) is 6. The predicted molar refractivity (Wildman–Crippen MR) is 142 cm³/mol. The number of piperazine rings is 1. The molecule has 1 saturated heterocycles.